The summed E-state index contributed by atoms with van der Waals surface area (Å²) in [5.74, 6) is -1.46. The molecule has 1 aromatic heterocycles. The fraction of sp³-hybridized carbons (Fsp3) is 0.158. The van der Waals surface area contributed by atoms with Crippen molar-refractivity contribution in [1.82, 2.24) is 9.55 Å². The van der Waals surface area contributed by atoms with Crippen LogP contribution in [0.4, 0.5) is 18.9 Å². The van der Waals surface area contributed by atoms with E-state index in [1.54, 1.807) is 16.4 Å². The lowest BCUT2D eigenvalue weighted by Gasteiger charge is -2.28. The van der Waals surface area contributed by atoms with Crippen LogP contribution in [-0.2, 0) is 0 Å². The Morgan fingerprint density at radius 3 is 2.38 bits per heavy atom. The van der Waals surface area contributed by atoms with Gasteiger partial charge in [-0.3, -0.25) is 4.57 Å². The number of aliphatic imine (C=N–C) groups is 1. The third-order valence-electron chi connectivity index (χ3n) is 4.28. The molecule has 2 heterocycles. The van der Waals surface area contributed by atoms with E-state index in [1.807, 2.05) is 31.2 Å². The van der Waals surface area contributed by atoms with Crippen LogP contribution in [0.25, 0.3) is 11.0 Å². The summed E-state index contributed by atoms with van der Waals surface area (Å²) >= 11 is 0. The van der Waals surface area contributed by atoms with Crippen LogP contribution in [0, 0.1) is 25.5 Å². The first kappa shape index (κ1) is 16.4. The molecule has 0 bridgehead atoms. The maximum atomic E-state index is 13.9. The van der Waals surface area contributed by atoms with Crippen molar-refractivity contribution in [2.75, 3.05) is 11.4 Å². The molecule has 3 aromatic rings. The summed E-state index contributed by atoms with van der Waals surface area (Å²) in [7, 11) is 0. The van der Waals surface area contributed by atoms with Crippen molar-refractivity contribution in [3.63, 3.8) is 0 Å². The van der Waals surface area contributed by atoms with Crippen LogP contribution in [0.3, 0.4) is 0 Å². The van der Waals surface area contributed by atoms with Gasteiger partial charge in [0.2, 0.25) is 5.96 Å². The van der Waals surface area contributed by atoms with Crippen molar-refractivity contribution in [3.05, 3.63) is 71.4 Å². The van der Waals surface area contributed by atoms with Crippen molar-refractivity contribution in [3.8, 4) is 0 Å². The van der Waals surface area contributed by atoms with Crippen molar-refractivity contribution >= 4 is 22.7 Å². The molecule has 1 aliphatic heterocycles. The Hall–Kier alpha value is -3.09. The summed E-state index contributed by atoms with van der Waals surface area (Å²) in [6, 6.07) is 9.67. The lowest BCUT2D eigenvalue weighted by molar-refractivity contribution is 0.510. The van der Waals surface area contributed by atoms with E-state index in [-0.39, 0.29) is 6.54 Å². The largest absolute Gasteiger partial charge is 0.305 e. The molecule has 0 N–H and O–H groups in total. The van der Waals surface area contributed by atoms with Gasteiger partial charge >= 0.3 is 0 Å². The number of hydrogen-bond donors (Lipinski definition) is 0. The van der Waals surface area contributed by atoms with Gasteiger partial charge in [0.05, 0.1) is 23.8 Å². The van der Waals surface area contributed by atoms with E-state index in [1.165, 1.54) is 0 Å². The number of aromatic nitrogens is 2. The predicted octanol–water partition coefficient (Wildman–Crippen LogP) is 4.47. The van der Waals surface area contributed by atoms with Crippen molar-refractivity contribution in [2.24, 2.45) is 4.99 Å². The summed E-state index contributed by atoms with van der Waals surface area (Å²) in [6.07, 6.45) is 1.13. The Labute approximate surface area is 147 Å². The minimum atomic E-state index is -0.973. The quantitative estimate of drug-likeness (QED) is 0.645. The fourth-order valence-electron chi connectivity index (χ4n) is 3.02. The van der Waals surface area contributed by atoms with E-state index in [0.717, 1.165) is 29.6 Å². The topological polar surface area (TPSA) is 33.4 Å². The number of halogens is 3. The van der Waals surface area contributed by atoms with Gasteiger partial charge in [0.1, 0.15) is 11.7 Å². The summed E-state index contributed by atoms with van der Waals surface area (Å²) < 4.78 is 42.8. The highest BCUT2D eigenvalue weighted by Crippen LogP contribution is 2.26. The van der Waals surface area contributed by atoms with Crippen LogP contribution in [0.1, 0.15) is 11.4 Å². The van der Waals surface area contributed by atoms with E-state index in [2.05, 4.69) is 9.98 Å². The zero-order valence-corrected chi connectivity index (χ0v) is 14.2. The molecule has 0 aliphatic carbocycles. The molecule has 0 radical (unpaired) electrons. The van der Waals surface area contributed by atoms with Crippen LogP contribution in [0.2, 0.25) is 0 Å². The molecule has 0 unspecified atom stereocenters. The van der Waals surface area contributed by atoms with Crippen LogP contribution in [-0.4, -0.2) is 22.1 Å². The third kappa shape index (κ3) is 2.65. The smallest absolute Gasteiger partial charge is 0.216 e. The molecule has 0 fully saturated rings. The summed E-state index contributed by atoms with van der Waals surface area (Å²) in [5.41, 5.74) is 2.49. The van der Waals surface area contributed by atoms with Crippen molar-refractivity contribution in [1.29, 1.82) is 0 Å². The van der Waals surface area contributed by atoms with Gasteiger partial charge in [-0.1, -0.05) is 17.7 Å². The molecular formula is C19H15F3N4. The second-order valence-corrected chi connectivity index (χ2v) is 6.18. The van der Waals surface area contributed by atoms with Crippen molar-refractivity contribution in [2.45, 2.75) is 13.8 Å². The molecule has 0 amide bonds. The average Bonchev–Trinajstić information content (AvgIpc) is 2.91. The number of nitrogens with zero attached hydrogens (tertiary/aromatic N) is 4. The molecule has 1 aliphatic rings. The van der Waals surface area contributed by atoms with Crippen LogP contribution >= 0.6 is 0 Å². The number of benzene rings is 2. The van der Waals surface area contributed by atoms with Gasteiger partial charge in [-0.05, 0) is 26.0 Å². The Bertz CT molecular complexity index is 1060. The summed E-state index contributed by atoms with van der Waals surface area (Å²) in [5, 5.41) is 0. The second-order valence-electron chi connectivity index (χ2n) is 6.18. The van der Waals surface area contributed by atoms with Gasteiger partial charge in [0.25, 0.3) is 0 Å². The Balaban J connectivity index is 1.91. The first-order valence-corrected chi connectivity index (χ1v) is 8.05. The number of rotatable bonds is 1. The first-order chi connectivity index (χ1) is 12.4. The highest BCUT2D eigenvalue weighted by atomic mass is 19.2. The highest BCUT2D eigenvalue weighted by molar-refractivity contribution is 6.04. The number of hydrogen-bond acceptors (Lipinski definition) is 3. The van der Waals surface area contributed by atoms with Crippen LogP contribution in [0.5, 0.6) is 0 Å². The molecule has 0 saturated carbocycles. The zero-order valence-electron chi connectivity index (χ0n) is 14.2. The first-order valence-electron chi connectivity index (χ1n) is 8.05. The van der Waals surface area contributed by atoms with Gasteiger partial charge in [0.15, 0.2) is 11.6 Å². The Kier molecular flexibility index (Phi) is 3.79. The van der Waals surface area contributed by atoms with E-state index in [4.69, 9.17) is 0 Å². The van der Waals surface area contributed by atoms with Gasteiger partial charge in [0, 0.05) is 17.8 Å². The number of aryl methyl sites for hydroxylation is 2. The maximum absolute atomic E-state index is 13.9. The third-order valence-corrected chi connectivity index (χ3v) is 4.28. The van der Waals surface area contributed by atoms with E-state index in [0.29, 0.717) is 22.8 Å². The lowest BCUT2D eigenvalue weighted by Crippen LogP contribution is -2.39. The monoisotopic (exact) mass is 356 g/mol. The standard InChI is InChI=1S/C19H15F3N4/c1-11-3-5-14(6-4-11)25-10-13(20)9-23-19(25)26-12(2)24-17-7-15(21)16(22)8-18(17)26/h3-9H,10H2,1-2H3. The number of imidazole rings is 1. The van der Waals surface area contributed by atoms with E-state index in [9.17, 15) is 13.2 Å². The number of anilines is 1. The maximum Gasteiger partial charge on any atom is 0.216 e. The van der Waals surface area contributed by atoms with Crippen LogP contribution < -0.4 is 4.90 Å². The average molecular weight is 356 g/mol. The normalized spacial score (nSPS) is 14.6. The molecule has 0 spiro atoms. The fourth-order valence-corrected chi connectivity index (χ4v) is 3.02. The minimum Gasteiger partial charge on any atom is -0.305 e. The zero-order chi connectivity index (χ0) is 18.4. The van der Waals surface area contributed by atoms with Gasteiger partial charge in [-0.15, -0.1) is 0 Å². The molecule has 2 aromatic carbocycles. The molecule has 26 heavy (non-hydrogen) atoms. The lowest BCUT2D eigenvalue weighted by atomic mass is 10.2. The predicted molar refractivity (Wildman–Crippen MR) is 94.9 cm³/mol. The van der Waals surface area contributed by atoms with E-state index < -0.39 is 17.5 Å². The van der Waals surface area contributed by atoms with Gasteiger partial charge < -0.3 is 4.90 Å². The second kappa shape index (κ2) is 6.01. The summed E-state index contributed by atoms with van der Waals surface area (Å²) in [6.45, 7) is 3.66. The van der Waals surface area contributed by atoms with Crippen LogP contribution in [0.15, 0.2) is 53.4 Å². The Morgan fingerprint density at radius 2 is 1.65 bits per heavy atom. The number of fused-ring (bicyclic) bond motifs is 1. The molecule has 4 rings (SSSR count). The molecule has 0 saturated heterocycles. The van der Waals surface area contributed by atoms with Gasteiger partial charge in [-0.2, -0.15) is 0 Å². The van der Waals surface area contributed by atoms with E-state index >= 15 is 0 Å². The molecule has 4 nitrogen and oxygen atoms in total. The molecule has 132 valence electrons. The highest BCUT2D eigenvalue weighted by Gasteiger charge is 2.24. The van der Waals surface area contributed by atoms with Crippen molar-refractivity contribution < 1.29 is 13.2 Å². The molecule has 7 heteroatoms. The Morgan fingerprint density at radius 1 is 0.962 bits per heavy atom. The minimum absolute atomic E-state index is 0.00924. The summed E-state index contributed by atoms with van der Waals surface area (Å²) in [4.78, 5) is 10.2. The molecule has 0 atom stereocenters. The molecular weight excluding hydrogens is 341 g/mol. The van der Waals surface area contributed by atoms with Gasteiger partial charge in [-0.25, -0.2) is 23.1 Å². The SMILES string of the molecule is Cc1ccc(N2CC(F)=CN=C2n2c(C)nc3cc(F)c(F)cc32)cc1.